The lowest BCUT2D eigenvalue weighted by Gasteiger charge is -2.45. The van der Waals surface area contributed by atoms with E-state index in [-0.39, 0.29) is 0 Å². The first-order valence-electron chi connectivity index (χ1n) is 18.2. The van der Waals surface area contributed by atoms with Gasteiger partial charge in [-0.15, -0.1) is 0 Å². The molecule has 0 saturated carbocycles. The molecule has 1 N–H and O–H groups in total. The minimum absolute atomic E-state index is 0.396. The molecule has 0 radical (unpaired) electrons. The first-order valence-corrected chi connectivity index (χ1v) is 18.2. The maximum absolute atomic E-state index is 13.2. The molecule has 7 nitrogen and oxygen atoms in total. The summed E-state index contributed by atoms with van der Waals surface area (Å²) in [7, 11) is 1.70. The Morgan fingerprint density at radius 3 is 2.26 bits per heavy atom. The number of methoxy groups -OCH3 is 1. The largest absolute Gasteiger partial charge is 0.485 e. The lowest BCUT2D eigenvalue weighted by Crippen LogP contribution is -2.49. The van der Waals surface area contributed by atoms with Crippen molar-refractivity contribution in [3.63, 3.8) is 0 Å². The van der Waals surface area contributed by atoms with E-state index >= 15 is 0 Å². The van der Waals surface area contributed by atoms with Gasteiger partial charge < -0.3 is 19.0 Å². The van der Waals surface area contributed by atoms with Crippen molar-refractivity contribution in [1.82, 2.24) is 4.90 Å². The van der Waals surface area contributed by atoms with Gasteiger partial charge in [0.25, 0.3) is 0 Å². The molecule has 4 aromatic rings. The highest BCUT2D eigenvalue weighted by Crippen LogP contribution is 2.43. The Hall–Kier alpha value is -4.46. The van der Waals surface area contributed by atoms with E-state index in [1.54, 1.807) is 7.11 Å². The minimum Gasteiger partial charge on any atom is -0.485 e. The van der Waals surface area contributed by atoms with Gasteiger partial charge in [0.05, 0.1) is 6.61 Å². The van der Waals surface area contributed by atoms with E-state index in [0.29, 0.717) is 55.2 Å². The van der Waals surface area contributed by atoms with Crippen LogP contribution in [0.5, 0.6) is 11.5 Å². The molecule has 0 bridgehead atoms. The van der Waals surface area contributed by atoms with Crippen LogP contribution in [0, 0.1) is 5.92 Å². The molecule has 1 saturated heterocycles. The van der Waals surface area contributed by atoms with E-state index < -0.39 is 6.09 Å². The average Bonchev–Trinajstić information content (AvgIpc) is 3.15. The normalized spacial score (nSPS) is 16.2. The second kappa shape index (κ2) is 20.9. The number of fused-ring (bicyclic) bond motifs is 2. The Balaban J connectivity index is 0.000000440. The fraction of sp³-hybridized carbons (Fsp3) is 0.395. The monoisotopic (exact) mass is 678 g/mol. The Morgan fingerprint density at radius 2 is 1.58 bits per heavy atom. The van der Waals surface area contributed by atoms with Crippen molar-refractivity contribution in [2.45, 2.75) is 85.0 Å². The Labute approximate surface area is 299 Å². The minimum atomic E-state index is -0.543. The van der Waals surface area contributed by atoms with E-state index in [2.05, 4.69) is 23.2 Å². The number of carbonyl (C=O) groups is 2. The number of piperidine rings is 1. The van der Waals surface area contributed by atoms with Crippen molar-refractivity contribution in [3.05, 3.63) is 125 Å². The molecule has 0 aromatic heterocycles. The number of likely N-dealkylation sites (tertiary alicyclic amines) is 1. The number of amides is 1. The van der Waals surface area contributed by atoms with Gasteiger partial charge in [0.2, 0.25) is 0 Å². The number of benzene rings is 4. The van der Waals surface area contributed by atoms with Crippen LogP contribution in [0.2, 0.25) is 0 Å². The zero-order valence-electron chi connectivity index (χ0n) is 30.2. The van der Waals surface area contributed by atoms with Crippen molar-refractivity contribution in [1.29, 1.82) is 0 Å². The summed E-state index contributed by atoms with van der Waals surface area (Å²) in [6.45, 7) is 9.65. The topological polar surface area (TPSA) is 77.1 Å². The molecule has 0 spiro atoms. The van der Waals surface area contributed by atoms with Crippen LogP contribution >= 0.6 is 0 Å². The molecule has 1 aliphatic heterocycles. The van der Waals surface area contributed by atoms with Crippen LogP contribution in [0.15, 0.2) is 97.1 Å². The molecule has 1 fully saturated rings. The quantitative estimate of drug-likeness (QED) is 0.151. The predicted octanol–water partition coefficient (Wildman–Crippen LogP) is 9.46. The number of rotatable bonds is 12. The van der Waals surface area contributed by atoms with E-state index in [1.165, 1.54) is 30.5 Å². The zero-order chi connectivity index (χ0) is 35.6. The van der Waals surface area contributed by atoms with Gasteiger partial charge >= 0.3 is 6.09 Å². The van der Waals surface area contributed by atoms with Gasteiger partial charge in [0.15, 0.2) is 11.5 Å². The van der Waals surface area contributed by atoms with Crippen LogP contribution in [-0.4, -0.2) is 43.5 Å². The van der Waals surface area contributed by atoms with Crippen LogP contribution < -0.4 is 14.8 Å². The number of carbonyl (C=O) groups excluding carboxylic acids is 2. The SMILES string of the molecule is CC.CCCN1CCCC2Cc3c(ccc(OCc4ccccc4)c3OC(=O)Nc3cccc(CCC=O)c3)CC21.COCc1ccccc1. The lowest BCUT2D eigenvalue weighted by atomic mass is 9.75. The molecule has 7 heteroatoms. The second-order valence-electron chi connectivity index (χ2n) is 12.6. The maximum Gasteiger partial charge on any atom is 0.417 e. The number of nitrogens with zero attached hydrogens (tertiary/aromatic N) is 1. The van der Waals surface area contributed by atoms with Crippen molar-refractivity contribution in [2.24, 2.45) is 5.92 Å². The van der Waals surface area contributed by atoms with Gasteiger partial charge in [-0.05, 0) is 98.0 Å². The van der Waals surface area contributed by atoms with Crippen LogP contribution in [0.4, 0.5) is 10.5 Å². The molecule has 2 atom stereocenters. The maximum atomic E-state index is 13.2. The third-order valence-corrected chi connectivity index (χ3v) is 9.07. The third-order valence-electron chi connectivity index (χ3n) is 9.07. The summed E-state index contributed by atoms with van der Waals surface area (Å²) in [5, 5.41) is 2.88. The number of hydrogen-bond acceptors (Lipinski definition) is 6. The fourth-order valence-electron chi connectivity index (χ4n) is 6.83. The van der Waals surface area contributed by atoms with Crippen LogP contribution in [0.25, 0.3) is 0 Å². The highest BCUT2D eigenvalue weighted by atomic mass is 16.6. The van der Waals surface area contributed by atoms with Gasteiger partial charge in [-0.3, -0.25) is 10.2 Å². The Kier molecular flexibility index (Phi) is 16.0. The molecule has 1 aliphatic carbocycles. The smallest absolute Gasteiger partial charge is 0.417 e. The summed E-state index contributed by atoms with van der Waals surface area (Å²) in [4.78, 5) is 26.6. The van der Waals surface area contributed by atoms with Gasteiger partial charge in [-0.25, -0.2) is 4.79 Å². The van der Waals surface area contributed by atoms with Crippen molar-refractivity contribution in [2.75, 3.05) is 25.5 Å². The third kappa shape index (κ3) is 11.3. The first-order chi connectivity index (χ1) is 24.6. The number of nitrogens with one attached hydrogen (secondary N) is 1. The molecular weight excluding hydrogens is 624 g/mol. The summed E-state index contributed by atoms with van der Waals surface area (Å²) in [5.74, 6) is 1.67. The van der Waals surface area contributed by atoms with E-state index in [4.69, 9.17) is 14.2 Å². The highest BCUT2D eigenvalue weighted by molar-refractivity contribution is 5.87. The molecular formula is C43H54N2O5. The lowest BCUT2D eigenvalue weighted by molar-refractivity contribution is -0.107. The molecule has 2 aliphatic rings. The second-order valence-corrected chi connectivity index (χ2v) is 12.6. The van der Waals surface area contributed by atoms with Gasteiger partial charge in [-0.2, -0.15) is 0 Å². The predicted molar refractivity (Wildman–Crippen MR) is 202 cm³/mol. The van der Waals surface area contributed by atoms with Gasteiger partial charge in [0.1, 0.15) is 12.9 Å². The summed E-state index contributed by atoms with van der Waals surface area (Å²) in [6.07, 6.45) is 6.85. The number of anilines is 1. The molecule has 1 heterocycles. The molecule has 1 amide bonds. The number of aryl methyl sites for hydroxylation is 1. The average molecular weight is 679 g/mol. The van der Waals surface area contributed by atoms with Crippen LogP contribution in [0.1, 0.15) is 74.3 Å². The number of aldehydes is 1. The summed E-state index contributed by atoms with van der Waals surface area (Å²) < 4.78 is 17.2. The van der Waals surface area contributed by atoms with Gasteiger partial charge in [0, 0.05) is 30.8 Å². The summed E-state index contributed by atoms with van der Waals surface area (Å²) in [5.41, 5.74) is 6.24. The van der Waals surface area contributed by atoms with Crippen molar-refractivity contribution >= 4 is 18.1 Å². The standard InChI is InChI=1S/C33H38N2O4.C8H10O.C2H6/c1-2-17-35-18-7-13-27-21-29-26(22-30(27)35)15-16-31(38-23-25-9-4-3-5-10-25)32(29)39-33(37)34-28-14-6-11-24(20-28)12-8-19-36;1-9-7-8-5-3-2-4-6-8;1-2/h3-6,9-11,14-16,19-20,27,30H,2,7-8,12-13,17-18,21-23H2,1H3,(H,34,37);2-6H,7H2,1H3;1-2H3. The Bertz CT molecular complexity index is 1590. The van der Waals surface area contributed by atoms with Crippen molar-refractivity contribution in [3.8, 4) is 11.5 Å². The fourth-order valence-corrected chi connectivity index (χ4v) is 6.83. The molecule has 50 heavy (non-hydrogen) atoms. The van der Waals surface area contributed by atoms with E-state index in [0.717, 1.165) is 48.8 Å². The summed E-state index contributed by atoms with van der Waals surface area (Å²) in [6, 6.07) is 32.3. The number of hydrogen-bond donors (Lipinski definition) is 1. The number of ether oxygens (including phenoxy) is 3. The first kappa shape index (κ1) is 38.3. The Morgan fingerprint density at radius 1 is 0.880 bits per heavy atom. The summed E-state index contributed by atoms with van der Waals surface area (Å²) >= 11 is 0. The molecule has 6 rings (SSSR count). The highest BCUT2D eigenvalue weighted by Gasteiger charge is 2.37. The molecule has 2 unspecified atom stereocenters. The van der Waals surface area contributed by atoms with Crippen molar-refractivity contribution < 1.29 is 23.8 Å². The van der Waals surface area contributed by atoms with Crippen LogP contribution in [0.3, 0.4) is 0 Å². The molecule has 266 valence electrons. The van der Waals surface area contributed by atoms with E-state index in [1.807, 2.05) is 105 Å². The molecule has 4 aromatic carbocycles. The zero-order valence-corrected chi connectivity index (χ0v) is 30.2. The van der Waals surface area contributed by atoms with E-state index in [9.17, 15) is 9.59 Å². The van der Waals surface area contributed by atoms with Crippen LogP contribution in [-0.2, 0) is 42.0 Å². The van der Waals surface area contributed by atoms with Gasteiger partial charge in [-0.1, -0.05) is 99.6 Å².